The van der Waals surface area contributed by atoms with Crippen LogP contribution in [0.3, 0.4) is 0 Å². The van der Waals surface area contributed by atoms with E-state index in [1.54, 1.807) is 0 Å². The first-order valence-electron chi connectivity index (χ1n) is 9.19. The number of nitrogens with one attached hydrogen (secondary N) is 2. The molecule has 4 N–H and O–H groups in total. The number of carboxylic acid groups (broad SMARTS) is 1. The van der Waals surface area contributed by atoms with E-state index < -0.39 is 29.9 Å². The maximum Gasteiger partial charge on any atom is 0.333 e. The molecule has 25 heavy (non-hydrogen) atoms. The molecule has 0 unspecified atom stereocenters. The second kappa shape index (κ2) is 10.4. The van der Waals surface area contributed by atoms with Crippen molar-refractivity contribution < 1.29 is 24.6 Å². The van der Waals surface area contributed by atoms with Gasteiger partial charge in [-0.15, -0.1) is 0 Å². The molecule has 7 heteroatoms. The fourth-order valence-electron chi connectivity index (χ4n) is 3.50. The average Bonchev–Trinajstić information content (AvgIpc) is 2.58. The number of aliphatic carboxylic acids is 1. The van der Waals surface area contributed by atoms with E-state index >= 15 is 0 Å². The van der Waals surface area contributed by atoms with Gasteiger partial charge < -0.3 is 20.8 Å². The topological polar surface area (TPSA) is 116 Å². The van der Waals surface area contributed by atoms with Crippen LogP contribution in [-0.2, 0) is 14.4 Å². The Morgan fingerprint density at radius 3 is 2.16 bits per heavy atom. The van der Waals surface area contributed by atoms with E-state index in [4.69, 9.17) is 5.11 Å². The second-order valence-corrected chi connectivity index (χ2v) is 7.43. The summed E-state index contributed by atoms with van der Waals surface area (Å²) >= 11 is 0. The van der Waals surface area contributed by atoms with Crippen molar-refractivity contribution in [1.82, 2.24) is 10.6 Å². The first-order valence-corrected chi connectivity index (χ1v) is 9.19. The van der Waals surface area contributed by atoms with Gasteiger partial charge in [-0.2, -0.15) is 0 Å². The van der Waals surface area contributed by atoms with Crippen LogP contribution >= 0.6 is 0 Å². The Kier molecular flexibility index (Phi) is 8.89. The predicted molar refractivity (Wildman–Crippen MR) is 93.8 cm³/mol. The number of aliphatic hydroxyl groups is 1. The standard InChI is InChI=1S/C18H32N2O5/c1-11(2)9-13(15(21)18(24)25)16(22)20-14(17(23)19-3)10-12-7-5-4-6-8-12/h11-15,21H,4-10H2,1-3H3,(H,19,23)(H,20,22)(H,24,25)/t13-,14+,15+/m1/s1. The molecule has 7 nitrogen and oxygen atoms in total. The highest BCUT2D eigenvalue weighted by Crippen LogP contribution is 2.27. The molecular formula is C18H32N2O5. The molecule has 3 atom stereocenters. The van der Waals surface area contributed by atoms with Crippen LogP contribution in [0.25, 0.3) is 0 Å². The molecular weight excluding hydrogens is 324 g/mol. The van der Waals surface area contributed by atoms with E-state index in [1.165, 1.54) is 13.5 Å². The first-order chi connectivity index (χ1) is 11.8. The number of aliphatic hydroxyl groups excluding tert-OH is 1. The Bertz CT molecular complexity index is 460. The molecule has 1 fully saturated rings. The SMILES string of the molecule is CNC(=O)[C@H](CC1CCCCC1)NC(=O)[C@H](CC(C)C)[C@H](O)C(=O)O. The van der Waals surface area contributed by atoms with Gasteiger partial charge in [0.25, 0.3) is 0 Å². The van der Waals surface area contributed by atoms with Crippen molar-refractivity contribution in [3.8, 4) is 0 Å². The minimum absolute atomic E-state index is 0.0431. The zero-order valence-electron chi connectivity index (χ0n) is 15.5. The lowest BCUT2D eigenvalue weighted by Gasteiger charge is -2.28. The van der Waals surface area contributed by atoms with Crippen LogP contribution in [0.5, 0.6) is 0 Å². The summed E-state index contributed by atoms with van der Waals surface area (Å²) in [4.78, 5) is 35.9. The highest BCUT2D eigenvalue weighted by atomic mass is 16.4. The van der Waals surface area contributed by atoms with Crippen LogP contribution in [0.4, 0.5) is 0 Å². The average molecular weight is 356 g/mol. The number of rotatable bonds is 9. The van der Waals surface area contributed by atoms with Crippen LogP contribution in [0, 0.1) is 17.8 Å². The molecule has 1 aliphatic rings. The molecule has 0 aliphatic heterocycles. The number of likely N-dealkylation sites (N-methyl/N-ethyl adjacent to an activating group) is 1. The lowest BCUT2D eigenvalue weighted by molar-refractivity contribution is -0.154. The second-order valence-electron chi connectivity index (χ2n) is 7.43. The van der Waals surface area contributed by atoms with Crippen molar-refractivity contribution >= 4 is 17.8 Å². The summed E-state index contributed by atoms with van der Waals surface area (Å²) in [6.07, 6.45) is 4.55. The highest BCUT2D eigenvalue weighted by molar-refractivity contribution is 5.90. The molecule has 1 rings (SSSR count). The van der Waals surface area contributed by atoms with Gasteiger partial charge in [-0.3, -0.25) is 9.59 Å². The van der Waals surface area contributed by atoms with E-state index in [0.717, 1.165) is 25.7 Å². The molecule has 0 radical (unpaired) electrons. The van der Waals surface area contributed by atoms with Gasteiger partial charge in [-0.1, -0.05) is 46.0 Å². The largest absolute Gasteiger partial charge is 0.479 e. The summed E-state index contributed by atoms with van der Waals surface area (Å²) in [5, 5.41) is 24.2. The van der Waals surface area contributed by atoms with E-state index in [0.29, 0.717) is 12.3 Å². The summed E-state index contributed by atoms with van der Waals surface area (Å²) < 4.78 is 0. The minimum atomic E-state index is -1.78. The number of carbonyl (C=O) groups excluding carboxylic acids is 2. The summed E-state index contributed by atoms with van der Waals surface area (Å²) in [5.41, 5.74) is 0. The summed E-state index contributed by atoms with van der Waals surface area (Å²) in [6.45, 7) is 3.71. The Morgan fingerprint density at radius 2 is 1.68 bits per heavy atom. The zero-order valence-corrected chi connectivity index (χ0v) is 15.5. The minimum Gasteiger partial charge on any atom is -0.479 e. The molecule has 1 saturated carbocycles. The van der Waals surface area contributed by atoms with Crippen LogP contribution in [0.15, 0.2) is 0 Å². The fourth-order valence-corrected chi connectivity index (χ4v) is 3.50. The number of carboxylic acids is 1. The van der Waals surface area contributed by atoms with Crippen LogP contribution < -0.4 is 10.6 Å². The monoisotopic (exact) mass is 356 g/mol. The van der Waals surface area contributed by atoms with Crippen molar-refractivity contribution in [2.24, 2.45) is 17.8 Å². The summed E-state index contributed by atoms with van der Waals surface area (Å²) in [5.74, 6) is -2.94. The van der Waals surface area contributed by atoms with Gasteiger partial charge in [-0.05, 0) is 24.7 Å². The van der Waals surface area contributed by atoms with Gasteiger partial charge in [0.15, 0.2) is 6.10 Å². The molecule has 2 amide bonds. The molecule has 0 saturated heterocycles. The number of hydrogen-bond donors (Lipinski definition) is 4. The third-order valence-electron chi connectivity index (χ3n) is 4.87. The zero-order chi connectivity index (χ0) is 19.0. The van der Waals surface area contributed by atoms with Crippen molar-refractivity contribution in [2.45, 2.75) is 70.9 Å². The predicted octanol–water partition coefficient (Wildman–Crippen LogP) is 1.30. The Morgan fingerprint density at radius 1 is 1.08 bits per heavy atom. The van der Waals surface area contributed by atoms with Crippen molar-refractivity contribution in [2.75, 3.05) is 7.05 Å². The first kappa shape index (κ1) is 21.4. The van der Waals surface area contributed by atoms with Crippen LogP contribution in [-0.4, -0.2) is 47.2 Å². The molecule has 0 bridgehead atoms. The number of carbonyl (C=O) groups is 3. The lowest BCUT2D eigenvalue weighted by Crippen LogP contribution is -2.51. The molecule has 0 spiro atoms. The van der Waals surface area contributed by atoms with Gasteiger partial charge in [0.2, 0.25) is 11.8 Å². The van der Waals surface area contributed by atoms with Gasteiger partial charge in [0, 0.05) is 7.05 Å². The molecule has 144 valence electrons. The van der Waals surface area contributed by atoms with Crippen molar-refractivity contribution in [3.05, 3.63) is 0 Å². The lowest BCUT2D eigenvalue weighted by atomic mass is 9.84. The number of amides is 2. The molecule has 0 heterocycles. The van der Waals surface area contributed by atoms with E-state index in [-0.39, 0.29) is 18.2 Å². The Hall–Kier alpha value is -1.63. The van der Waals surface area contributed by atoms with Crippen molar-refractivity contribution in [1.29, 1.82) is 0 Å². The molecule has 0 aromatic rings. The number of hydrogen-bond acceptors (Lipinski definition) is 4. The van der Waals surface area contributed by atoms with Crippen LogP contribution in [0.2, 0.25) is 0 Å². The molecule has 0 aromatic heterocycles. The van der Waals surface area contributed by atoms with Gasteiger partial charge in [0.1, 0.15) is 6.04 Å². The van der Waals surface area contributed by atoms with E-state index in [9.17, 15) is 19.5 Å². The van der Waals surface area contributed by atoms with E-state index in [2.05, 4.69) is 10.6 Å². The van der Waals surface area contributed by atoms with E-state index in [1.807, 2.05) is 13.8 Å². The summed E-state index contributed by atoms with van der Waals surface area (Å²) in [6, 6.07) is -0.698. The maximum atomic E-state index is 12.6. The third kappa shape index (κ3) is 7.02. The highest BCUT2D eigenvalue weighted by Gasteiger charge is 2.35. The maximum absolute atomic E-state index is 12.6. The Labute approximate surface area is 149 Å². The Balaban J connectivity index is 2.81. The van der Waals surface area contributed by atoms with Gasteiger partial charge in [-0.25, -0.2) is 4.79 Å². The quantitative estimate of drug-likeness (QED) is 0.497. The molecule has 1 aliphatic carbocycles. The van der Waals surface area contributed by atoms with Gasteiger partial charge >= 0.3 is 5.97 Å². The van der Waals surface area contributed by atoms with Gasteiger partial charge in [0.05, 0.1) is 5.92 Å². The van der Waals surface area contributed by atoms with Crippen LogP contribution in [0.1, 0.15) is 58.8 Å². The smallest absolute Gasteiger partial charge is 0.333 e. The van der Waals surface area contributed by atoms with Crippen molar-refractivity contribution in [3.63, 3.8) is 0 Å². The summed E-state index contributed by atoms with van der Waals surface area (Å²) in [7, 11) is 1.51. The molecule has 0 aromatic carbocycles. The third-order valence-corrected chi connectivity index (χ3v) is 4.87. The normalized spacial score (nSPS) is 19.1. The fraction of sp³-hybridized carbons (Fsp3) is 0.833.